The van der Waals surface area contributed by atoms with Crippen LogP contribution in [0.5, 0.6) is 0 Å². The zero-order valence-electron chi connectivity index (χ0n) is 17.7. The fourth-order valence-electron chi connectivity index (χ4n) is 4.99. The molecule has 1 saturated carbocycles. The molecule has 0 saturated heterocycles. The van der Waals surface area contributed by atoms with E-state index in [1.807, 2.05) is 70.6 Å². The highest BCUT2D eigenvalue weighted by Crippen LogP contribution is 2.42. The van der Waals surface area contributed by atoms with Gasteiger partial charge in [0.25, 0.3) is 5.91 Å². The highest BCUT2D eigenvalue weighted by molar-refractivity contribution is 6.01. The van der Waals surface area contributed by atoms with E-state index in [-0.39, 0.29) is 18.0 Å². The molecule has 2 aromatic carbocycles. The summed E-state index contributed by atoms with van der Waals surface area (Å²) in [6.45, 7) is 1.19. The summed E-state index contributed by atoms with van der Waals surface area (Å²) in [5, 5.41) is 5.17. The average molecular weight is 425 g/mol. The molecule has 3 aromatic rings. The van der Waals surface area contributed by atoms with Crippen LogP contribution in [-0.4, -0.2) is 39.3 Å². The maximum Gasteiger partial charge on any atom is 0.322 e. The van der Waals surface area contributed by atoms with Gasteiger partial charge in [-0.1, -0.05) is 48.5 Å². The fraction of sp³-hybridized carbons (Fsp3) is 0.269. The predicted molar refractivity (Wildman–Crippen MR) is 121 cm³/mol. The molecular formula is C26H24N4O2. The van der Waals surface area contributed by atoms with Crippen molar-refractivity contribution in [1.29, 1.82) is 0 Å². The van der Waals surface area contributed by atoms with Gasteiger partial charge in [-0.05, 0) is 35.4 Å². The van der Waals surface area contributed by atoms with Crippen molar-refractivity contribution >= 4 is 22.7 Å². The second-order valence-corrected chi connectivity index (χ2v) is 8.75. The van der Waals surface area contributed by atoms with E-state index in [2.05, 4.69) is 10.3 Å². The Kier molecular flexibility index (Phi) is 4.45. The van der Waals surface area contributed by atoms with Crippen LogP contribution in [0.15, 0.2) is 78.3 Å². The van der Waals surface area contributed by atoms with Gasteiger partial charge >= 0.3 is 6.03 Å². The molecule has 3 heterocycles. The summed E-state index contributed by atoms with van der Waals surface area (Å²) in [6.07, 6.45) is 6.26. The van der Waals surface area contributed by atoms with Crippen LogP contribution in [0, 0.1) is 0 Å². The molecule has 0 radical (unpaired) electrons. The van der Waals surface area contributed by atoms with Crippen LogP contribution in [0.1, 0.15) is 36.4 Å². The molecule has 160 valence electrons. The van der Waals surface area contributed by atoms with Crippen LogP contribution in [0.25, 0.3) is 10.8 Å². The van der Waals surface area contributed by atoms with Crippen molar-refractivity contribution in [3.63, 3.8) is 0 Å². The van der Waals surface area contributed by atoms with Crippen molar-refractivity contribution in [3.8, 4) is 0 Å². The van der Waals surface area contributed by atoms with Crippen molar-refractivity contribution in [3.05, 3.63) is 89.4 Å². The van der Waals surface area contributed by atoms with Gasteiger partial charge in [0.1, 0.15) is 0 Å². The molecule has 1 aromatic heterocycles. The normalized spacial score (nSPS) is 21.1. The fourth-order valence-corrected chi connectivity index (χ4v) is 4.99. The van der Waals surface area contributed by atoms with Gasteiger partial charge in [-0.3, -0.25) is 14.7 Å². The molecule has 3 aliphatic rings. The first-order valence-corrected chi connectivity index (χ1v) is 11.2. The summed E-state index contributed by atoms with van der Waals surface area (Å²) in [4.78, 5) is 35.1. The molecule has 1 N–H and O–H groups in total. The summed E-state index contributed by atoms with van der Waals surface area (Å²) in [6, 6.07) is 17.7. The van der Waals surface area contributed by atoms with Gasteiger partial charge in [0.2, 0.25) is 0 Å². The van der Waals surface area contributed by atoms with Gasteiger partial charge in [0, 0.05) is 49.0 Å². The maximum absolute atomic E-state index is 13.9. The molecule has 6 nitrogen and oxygen atoms in total. The number of carbonyl (C=O) groups excluding carboxylic acids is 2. The van der Waals surface area contributed by atoms with Crippen molar-refractivity contribution in [2.24, 2.45) is 0 Å². The monoisotopic (exact) mass is 424 g/mol. The minimum absolute atomic E-state index is 0.00615. The van der Waals surface area contributed by atoms with Crippen LogP contribution >= 0.6 is 0 Å². The Morgan fingerprint density at radius 2 is 1.84 bits per heavy atom. The zero-order chi connectivity index (χ0) is 21.7. The first-order valence-electron chi connectivity index (χ1n) is 11.2. The first-order chi connectivity index (χ1) is 15.7. The number of hydrogen-bond donors (Lipinski definition) is 1. The van der Waals surface area contributed by atoms with E-state index in [1.54, 1.807) is 6.20 Å². The number of nitrogens with zero attached hydrogens (tertiary/aromatic N) is 3. The van der Waals surface area contributed by atoms with E-state index in [0.29, 0.717) is 25.1 Å². The van der Waals surface area contributed by atoms with E-state index in [1.165, 1.54) is 0 Å². The number of aromatic nitrogens is 1. The molecule has 1 unspecified atom stereocenters. The zero-order valence-corrected chi connectivity index (χ0v) is 17.7. The van der Waals surface area contributed by atoms with E-state index >= 15 is 0 Å². The van der Waals surface area contributed by atoms with Crippen LogP contribution in [-0.2, 0) is 11.3 Å². The quantitative estimate of drug-likeness (QED) is 0.684. The number of benzene rings is 2. The molecule has 1 fully saturated rings. The molecule has 3 amide bonds. The number of nitrogens with one attached hydrogen (secondary N) is 1. The van der Waals surface area contributed by atoms with Gasteiger partial charge in [-0.25, -0.2) is 4.79 Å². The number of hydrogen-bond acceptors (Lipinski definition) is 3. The molecule has 6 heteroatoms. The van der Waals surface area contributed by atoms with Crippen molar-refractivity contribution in [2.45, 2.75) is 37.9 Å². The van der Waals surface area contributed by atoms with Gasteiger partial charge in [-0.15, -0.1) is 0 Å². The van der Waals surface area contributed by atoms with Crippen LogP contribution in [0.4, 0.5) is 4.79 Å². The average Bonchev–Trinajstić information content (AvgIpc) is 3.66. The molecular weight excluding hydrogens is 400 g/mol. The molecule has 1 atom stereocenters. The number of pyridine rings is 1. The third-order valence-electron chi connectivity index (χ3n) is 6.67. The maximum atomic E-state index is 13.9. The largest absolute Gasteiger partial charge is 0.334 e. The lowest BCUT2D eigenvalue weighted by atomic mass is 9.88. The molecule has 0 spiro atoms. The minimum atomic E-state index is -0.480. The number of amides is 3. The lowest BCUT2D eigenvalue weighted by Gasteiger charge is -2.42. The highest BCUT2D eigenvalue weighted by atomic mass is 16.2. The SMILES string of the molecule is O=C1C2=C(CCN1Cc1ccccc1)N(C1CC1)C(=O)NC2c1cccc2ccncc12. The topological polar surface area (TPSA) is 65.5 Å². The number of fused-ring (bicyclic) bond motifs is 1. The smallest absolute Gasteiger partial charge is 0.322 e. The second-order valence-electron chi connectivity index (χ2n) is 8.75. The van der Waals surface area contributed by atoms with E-state index in [4.69, 9.17) is 0 Å². The molecule has 6 rings (SSSR count). The van der Waals surface area contributed by atoms with Gasteiger partial charge in [0.15, 0.2) is 0 Å². The van der Waals surface area contributed by atoms with Gasteiger partial charge in [-0.2, -0.15) is 0 Å². The van der Waals surface area contributed by atoms with Gasteiger partial charge < -0.3 is 10.2 Å². The second kappa shape index (κ2) is 7.48. The van der Waals surface area contributed by atoms with E-state index in [9.17, 15) is 9.59 Å². The molecule has 0 bridgehead atoms. The Hall–Kier alpha value is -3.67. The number of urea groups is 1. The van der Waals surface area contributed by atoms with Crippen molar-refractivity contribution < 1.29 is 9.59 Å². The van der Waals surface area contributed by atoms with Crippen molar-refractivity contribution in [1.82, 2.24) is 20.1 Å². The van der Waals surface area contributed by atoms with E-state index < -0.39 is 6.04 Å². The molecule has 2 aliphatic heterocycles. The predicted octanol–water partition coefficient (Wildman–Crippen LogP) is 4.15. The summed E-state index contributed by atoms with van der Waals surface area (Å²) in [5.41, 5.74) is 3.63. The Bertz CT molecular complexity index is 1240. The number of rotatable bonds is 4. The lowest BCUT2D eigenvalue weighted by Crippen LogP contribution is -2.53. The highest BCUT2D eigenvalue weighted by Gasteiger charge is 2.46. The Morgan fingerprint density at radius 3 is 2.66 bits per heavy atom. The summed E-state index contributed by atoms with van der Waals surface area (Å²) < 4.78 is 0. The lowest BCUT2D eigenvalue weighted by molar-refractivity contribution is -0.129. The number of carbonyl (C=O) groups is 2. The van der Waals surface area contributed by atoms with Gasteiger partial charge in [0.05, 0.1) is 11.6 Å². The van der Waals surface area contributed by atoms with Crippen molar-refractivity contribution in [2.75, 3.05) is 6.54 Å². The van der Waals surface area contributed by atoms with Crippen LogP contribution < -0.4 is 5.32 Å². The minimum Gasteiger partial charge on any atom is -0.334 e. The Balaban J connectivity index is 1.46. The Labute approximate surface area is 186 Å². The first kappa shape index (κ1) is 19.0. The summed E-state index contributed by atoms with van der Waals surface area (Å²) in [5.74, 6) is 0.00615. The molecule has 1 aliphatic carbocycles. The summed E-state index contributed by atoms with van der Waals surface area (Å²) >= 11 is 0. The molecule has 32 heavy (non-hydrogen) atoms. The van der Waals surface area contributed by atoms with Crippen LogP contribution in [0.2, 0.25) is 0 Å². The third-order valence-corrected chi connectivity index (χ3v) is 6.67. The summed E-state index contributed by atoms with van der Waals surface area (Å²) in [7, 11) is 0. The third kappa shape index (κ3) is 3.14. The van der Waals surface area contributed by atoms with Crippen LogP contribution in [0.3, 0.4) is 0 Å². The standard InChI is InChI=1S/C26H24N4O2/c31-25-23-22(12-14-29(25)16-17-5-2-1-3-6-17)30(19-9-10-19)26(32)28-24(23)20-8-4-7-18-11-13-27-15-21(18)20/h1-8,11,13,15,19,24H,9-10,12,14,16H2,(H,28,32). The Morgan fingerprint density at radius 1 is 1.00 bits per heavy atom. The van der Waals surface area contributed by atoms with E-state index in [0.717, 1.165) is 40.4 Å².